The minimum atomic E-state index is 1.08. The van der Waals surface area contributed by atoms with Gasteiger partial charge in [0, 0.05) is 6.08 Å². The first-order chi connectivity index (χ1) is 2.89. The summed E-state index contributed by atoms with van der Waals surface area (Å²) in [4.78, 5) is 0. The summed E-state index contributed by atoms with van der Waals surface area (Å²) >= 11 is 2.16. The van der Waals surface area contributed by atoms with Gasteiger partial charge in [-0.05, 0) is 34.1 Å². The third kappa shape index (κ3) is 0.649. The molecule has 0 aliphatic heterocycles. The van der Waals surface area contributed by atoms with Gasteiger partial charge in [-0.3, -0.25) is 0 Å². The van der Waals surface area contributed by atoms with Crippen LogP contribution in [-0.2, 0) is 0 Å². The van der Waals surface area contributed by atoms with Crippen LogP contribution in [0.1, 0.15) is 0 Å². The molecule has 0 saturated heterocycles. The Bertz CT molecular complexity index is 182. The van der Waals surface area contributed by atoms with E-state index in [4.69, 9.17) is 0 Å². The monoisotopic (exact) mass is 188 g/mol. The molecule has 0 saturated carbocycles. The molecule has 0 radical (unpaired) electrons. The lowest BCUT2D eigenvalue weighted by atomic mass is 10.6. The molecule has 0 nitrogen and oxygen atoms in total. The van der Waals surface area contributed by atoms with E-state index in [1.807, 2.05) is 6.08 Å². The molecule has 0 aromatic rings. The number of hydrogen-bond acceptors (Lipinski definition) is 0. The minimum Gasteiger partial charge on any atom is -0.0596 e. The van der Waals surface area contributed by atoms with E-state index in [0.29, 0.717) is 0 Å². The van der Waals surface area contributed by atoms with Gasteiger partial charge in [-0.25, -0.2) is 0 Å². The first kappa shape index (κ1) is 3.98. The Kier molecular flexibility index (Phi) is 0.999. The van der Waals surface area contributed by atoms with E-state index in [0.717, 1.165) is 3.58 Å². The Labute approximate surface area is 49.7 Å². The Morgan fingerprint density at radius 1 is 1.67 bits per heavy atom. The van der Waals surface area contributed by atoms with Crippen LogP contribution < -0.4 is 0 Å². The Hall–Kier alpha value is -0.190. The standard InChI is InChI=1S/C5HI/c6-5-3-1-2-4-5/h3H. The third-order valence-corrected chi connectivity index (χ3v) is 1.03. The van der Waals surface area contributed by atoms with Crippen molar-refractivity contribution >= 4 is 22.6 Å². The highest BCUT2D eigenvalue weighted by molar-refractivity contribution is 14.1. The minimum absolute atomic E-state index is 1.08. The molecular weight excluding hydrogens is 187 g/mol. The average Bonchev–Trinajstić information content (AvgIpc) is 1.86. The Morgan fingerprint density at radius 2 is 2.50 bits per heavy atom. The lowest BCUT2D eigenvalue weighted by molar-refractivity contribution is 2.11. The van der Waals surface area contributed by atoms with Gasteiger partial charge in [-0.15, -0.1) is 0 Å². The predicted molar refractivity (Wildman–Crippen MR) is 32.6 cm³/mol. The first-order valence-corrected chi connectivity index (χ1v) is 2.60. The van der Waals surface area contributed by atoms with E-state index in [1.165, 1.54) is 0 Å². The summed E-state index contributed by atoms with van der Waals surface area (Å²) in [5.74, 6) is 0. The van der Waals surface area contributed by atoms with Crippen molar-refractivity contribution in [2.24, 2.45) is 0 Å². The normalized spacial score (nSPS) is 13.2. The zero-order valence-corrected chi connectivity index (χ0v) is 5.11. The van der Waals surface area contributed by atoms with Gasteiger partial charge in [0.25, 0.3) is 0 Å². The summed E-state index contributed by atoms with van der Waals surface area (Å²) in [5.41, 5.74) is 8.22. The molecule has 0 bridgehead atoms. The fraction of sp³-hybridized carbons (Fsp3) is 0. The molecule has 0 unspecified atom stereocenters. The molecular formula is C5HI. The van der Waals surface area contributed by atoms with E-state index >= 15 is 0 Å². The fourth-order valence-electron chi connectivity index (χ4n) is 0.231. The van der Waals surface area contributed by atoms with Gasteiger partial charge in [-0.1, -0.05) is 5.73 Å². The highest BCUT2D eigenvalue weighted by Crippen LogP contribution is 2.04. The van der Waals surface area contributed by atoms with Crippen molar-refractivity contribution < 1.29 is 0 Å². The molecule has 0 N–H and O–H groups in total. The van der Waals surface area contributed by atoms with Crippen molar-refractivity contribution in [1.82, 2.24) is 0 Å². The fourth-order valence-corrected chi connectivity index (χ4v) is 0.522. The molecule has 0 amide bonds. The summed E-state index contributed by atoms with van der Waals surface area (Å²) in [6.45, 7) is 0. The quantitative estimate of drug-likeness (QED) is 0.401. The molecule has 0 heterocycles. The third-order valence-electron chi connectivity index (χ3n) is 0.453. The van der Waals surface area contributed by atoms with Crippen molar-refractivity contribution in [2.75, 3.05) is 0 Å². The summed E-state index contributed by atoms with van der Waals surface area (Å²) in [5, 5.41) is 0. The van der Waals surface area contributed by atoms with Crippen molar-refractivity contribution in [2.45, 2.75) is 0 Å². The lowest BCUT2D eigenvalue weighted by Gasteiger charge is -1.63. The van der Waals surface area contributed by atoms with E-state index in [-0.39, 0.29) is 0 Å². The van der Waals surface area contributed by atoms with Crippen molar-refractivity contribution in [3.05, 3.63) is 26.8 Å². The first-order valence-electron chi connectivity index (χ1n) is 1.52. The molecule has 0 aromatic heterocycles. The second-order valence-corrected chi connectivity index (χ2v) is 2.05. The van der Waals surface area contributed by atoms with Crippen LogP contribution in [0.2, 0.25) is 0 Å². The average molecular weight is 188 g/mol. The Morgan fingerprint density at radius 3 is 2.67 bits per heavy atom. The lowest BCUT2D eigenvalue weighted by Crippen LogP contribution is -1.41. The maximum absolute atomic E-state index is 2.81. The summed E-state index contributed by atoms with van der Waals surface area (Å²) in [6.07, 6.45) is 1.83. The van der Waals surface area contributed by atoms with Crippen molar-refractivity contribution in [3.63, 3.8) is 0 Å². The Balaban J connectivity index is 3.24. The van der Waals surface area contributed by atoms with Crippen molar-refractivity contribution in [3.8, 4) is 0 Å². The van der Waals surface area contributed by atoms with E-state index < -0.39 is 0 Å². The van der Waals surface area contributed by atoms with Gasteiger partial charge < -0.3 is 0 Å². The topological polar surface area (TPSA) is 0 Å². The number of rotatable bonds is 0. The van der Waals surface area contributed by atoms with Crippen molar-refractivity contribution in [1.29, 1.82) is 0 Å². The SMILES string of the molecule is IC1=C=C=C=C1. The number of allylic oxidation sites excluding steroid dienone is 2. The van der Waals surface area contributed by atoms with E-state index in [2.05, 4.69) is 39.8 Å². The predicted octanol–water partition coefficient (Wildman–Crippen LogP) is 1.78. The van der Waals surface area contributed by atoms with Crippen LogP contribution in [0.15, 0.2) is 26.8 Å². The van der Waals surface area contributed by atoms with Gasteiger partial charge in [0.2, 0.25) is 0 Å². The van der Waals surface area contributed by atoms with Crippen LogP contribution in [0.4, 0.5) is 0 Å². The van der Waals surface area contributed by atoms with E-state index in [1.54, 1.807) is 0 Å². The molecule has 28 valence electrons. The van der Waals surface area contributed by atoms with Crippen LogP contribution in [0.5, 0.6) is 0 Å². The van der Waals surface area contributed by atoms with Crippen LogP contribution in [0.25, 0.3) is 0 Å². The summed E-state index contributed by atoms with van der Waals surface area (Å²) in [7, 11) is 0. The largest absolute Gasteiger partial charge is 0.0722 e. The zero-order valence-electron chi connectivity index (χ0n) is 2.96. The van der Waals surface area contributed by atoms with Crippen LogP contribution in [0, 0.1) is 0 Å². The van der Waals surface area contributed by atoms with Gasteiger partial charge in [0.1, 0.15) is 0 Å². The van der Waals surface area contributed by atoms with Crippen LogP contribution in [-0.4, -0.2) is 0 Å². The highest BCUT2D eigenvalue weighted by atomic mass is 127. The smallest absolute Gasteiger partial charge is 0.0596 e. The molecule has 6 heavy (non-hydrogen) atoms. The molecule has 0 fully saturated rings. The second kappa shape index (κ2) is 1.51. The second-order valence-electron chi connectivity index (χ2n) is 0.887. The van der Waals surface area contributed by atoms with E-state index in [9.17, 15) is 0 Å². The van der Waals surface area contributed by atoms with Gasteiger partial charge in [0.05, 0.1) is 3.58 Å². The van der Waals surface area contributed by atoms with Crippen LogP contribution in [0.3, 0.4) is 0 Å². The number of hydrogen-bond donors (Lipinski definition) is 0. The summed E-state index contributed by atoms with van der Waals surface area (Å²) in [6, 6.07) is 0. The molecule has 1 heteroatoms. The molecule has 1 aliphatic carbocycles. The molecule has 1 aliphatic rings. The number of halogens is 1. The maximum Gasteiger partial charge on any atom is 0.0722 e. The molecule has 0 spiro atoms. The van der Waals surface area contributed by atoms with Gasteiger partial charge in [-0.2, -0.15) is 0 Å². The van der Waals surface area contributed by atoms with Crippen LogP contribution >= 0.6 is 22.6 Å². The molecule has 0 atom stereocenters. The summed E-state index contributed by atoms with van der Waals surface area (Å²) < 4.78 is 1.08. The maximum atomic E-state index is 2.81. The molecule has 1 rings (SSSR count). The van der Waals surface area contributed by atoms with Gasteiger partial charge in [0.15, 0.2) is 0 Å². The zero-order chi connectivity index (χ0) is 4.41. The molecule has 0 aromatic carbocycles. The van der Waals surface area contributed by atoms with Gasteiger partial charge >= 0.3 is 0 Å². The highest BCUT2D eigenvalue weighted by Gasteiger charge is 1.77.